The predicted molar refractivity (Wildman–Crippen MR) is 71.7 cm³/mol. The lowest BCUT2D eigenvalue weighted by Gasteiger charge is -2.43. The SMILES string of the molecule is C=CC1(OC(O)C(C)(C)CC)CCCC1(C)C. The summed E-state index contributed by atoms with van der Waals surface area (Å²) >= 11 is 0. The van der Waals surface area contributed by atoms with Gasteiger partial charge in [0.25, 0.3) is 0 Å². The maximum absolute atomic E-state index is 10.3. The van der Waals surface area contributed by atoms with E-state index in [2.05, 4.69) is 27.4 Å². The largest absolute Gasteiger partial charge is 0.367 e. The first-order valence-corrected chi connectivity index (χ1v) is 6.70. The van der Waals surface area contributed by atoms with Crippen LogP contribution in [-0.4, -0.2) is 17.0 Å². The Kier molecular flexibility index (Phi) is 4.10. The van der Waals surface area contributed by atoms with Crippen LogP contribution >= 0.6 is 0 Å². The zero-order chi connectivity index (χ0) is 13.3. The summed E-state index contributed by atoms with van der Waals surface area (Å²) in [5.41, 5.74) is -0.535. The summed E-state index contributed by atoms with van der Waals surface area (Å²) in [5, 5.41) is 10.3. The molecule has 2 unspecified atom stereocenters. The van der Waals surface area contributed by atoms with Gasteiger partial charge in [-0.3, -0.25) is 0 Å². The molecule has 100 valence electrons. The van der Waals surface area contributed by atoms with Crippen molar-refractivity contribution in [3.05, 3.63) is 12.7 Å². The Hall–Kier alpha value is -0.340. The van der Waals surface area contributed by atoms with Crippen LogP contribution in [0.4, 0.5) is 0 Å². The van der Waals surface area contributed by atoms with Gasteiger partial charge in [0.1, 0.15) is 0 Å². The first-order chi connectivity index (χ1) is 7.71. The van der Waals surface area contributed by atoms with Crippen LogP contribution in [-0.2, 0) is 4.74 Å². The fraction of sp³-hybridized carbons (Fsp3) is 0.867. The molecule has 1 N–H and O–H groups in total. The van der Waals surface area contributed by atoms with Crippen molar-refractivity contribution in [3.8, 4) is 0 Å². The van der Waals surface area contributed by atoms with Gasteiger partial charge in [0, 0.05) is 5.41 Å². The summed E-state index contributed by atoms with van der Waals surface area (Å²) in [5.74, 6) is 0. The van der Waals surface area contributed by atoms with E-state index in [0.717, 1.165) is 25.7 Å². The molecule has 1 fully saturated rings. The Bertz CT molecular complexity index is 281. The summed E-state index contributed by atoms with van der Waals surface area (Å²) < 4.78 is 6.06. The van der Waals surface area contributed by atoms with E-state index in [9.17, 15) is 5.11 Å². The minimum absolute atomic E-state index is 0.0551. The average molecular weight is 240 g/mol. The molecule has 0 heterocycles. The molecule has 0 bridgehead atoms. The second-order valence-corrected chi connectivity index (χ2v) is 6.64. The third-order valence-electron chi connectivity index (χ3n) is 4.73. The molecule has 0 amide bonds. The molecule has 0 aromatic carbocycles. The van der Waals surface area contributed by atoms with Crippen molar-refractivity contribution in [2.24, 2.45) is 10.8 Å². The molecule has 0 radical (unpaired) electrons. The zero-order valence-electron chi connectivity index (χ0n) is 12.0. The Morgan fingerprint density at radius 2 is 2.00 bits per heavy atom. The van der Waals surface area contributed by atoms with Crippen molar-refractivity contribution in [1.82, 2.24) is 0 Å². The van der Waals surface area contributed by atoms with Crippen molar-refractivity contribution < 1.29 is 9.84 Å². The molecule has 1 aliphatic carbocycles. The monoisotopic (exact) mass is 240 g/mol. The van der Waals surface area contributed by atoms with Crippen LogP contribution in [0, 0.1) is 10.8 Å². The summed E-state index contributed by atoms with van der Waals surface area (Å²) in [4.78, 5) is 0. The Balaban J connectivity index is 2.87. The highest BCUT2D eigenvalue weighted by Gasteiger charge is 2.50. The van der Waals surface area contributed by atoms with Gasteiger partial charge >= 0.3 is 0 Å². The van der Waals surface area contributed by atoms with E-state index in [-0.39, 0.29) is 16.4 Å². The van der Waals surface area contributed by atoms with Crippen LogP contribution in [0.25, 0.3) is 0 Å². The van der Waals surface area contributed by atoms with E-state index >= 15 is 0 Å². The standard InChI is InChI=1S/C15H28O2/c1-7-13(3,4)12(16)17-15(8-2)11-9-10-14(15,5)6/h8,12,16H,2,7,9-11H2,1,3-6H3. The Morgan fingerprint density at radius 1 is 1.41 bits per heavy atom. The van der Waals surface area contributed by atoms with Crippen LogP contribution in [0.2, 0.25) is 0 Å². The molecule has 1 saturated carbocycles. The second-order valence-electron chi connectivity index (χ2n) is 6.64. The van der Waals surface area contributed by atoms with Crippen LogP contribution in [0.15, 0.2) is 12.7 Å². The molecular weight excluding hydrogens is 212 g/mol. The van der Waals surface area contributed by atoms with Gasteiger partial charge in [-0.25, -0.2) is 0 Å². The molecule has 0 aliphatic heterocycles. The van der Waals surface area contributed by atoms with Gasteiger partial charge in [0.05, 0.1) is 5.60 Å². The highest BCUT2D eigenvalue weighted by atomic mass is 16.6. The van der Waals surface area contributed by atoms with Crippen molar-refractivity contribution in [1.29, 1.82) is 0 Å². The molecule has 0 aromatic heterocycles. The van der Waals surface area contributed by atoms with E-state index in [4.69, 9.17) is 4.74 Å². The van der Waals surface area contributed by atoms with Gasteiger partial charge < -0.3 is 9.84 Å². The fourth-order valence-electron chi connectivity index (χ4n) is 2.52. The van der Waals surface area contributed by atoms with Crippen molar-refractivity contribution in [3.63, 3.8) is 0 Å². The van der Waals surface area contributed by atoms with Crippen molar-refractivity contribution in [2.75, 3.05) is 0 Å². The van der Waals surface area contributed by atoms with E-state index in [1.807, 2.05) is 19.9 Å². The van der Waals surface area contributed by atoms with Gasteiger partial charge in [-0.2, -0.15) is 0 Å². The quantitative estimate of drug-likeness (QED) is 0.583. The lowest BCUT2D eigenvalue weighted by Crippen LogP contribution is -2.47. The highest BCUT2D eigenvalue weighted by Crippen LogP contribution is 2.50. The molecule has 2 heteroatoms. The number of hydrogen-bond acceptors (Lipinski definition) is 2. The topological polar surface area (TPSA) is 29.5 Å². The van der Waals surface area contributed by atoms with Gasteiger partial charge in [0.2, 0.25) is 0 Å². The van der Waals surface area contributed by atoms with E-state index in [0.29, 0.717) is 0 Å². The number of hydrogen-bond donors (Lipinski definition) is 1. The molecule has 2 atom stereocenters. The zero-order valence-corrected chi connectivity index (χ0v) is 12.0. The summed E-state index contributed by atoms with van der Waals surface area (Å²) in [6.45, 7) is 14.5. The van der Waals surface area contributed by atoms with Gasteiger partial charge in [-0.1, -0.05) is 40.7 Å². The number of aliphatic hydroxyl groups is 1. The minimum atomic E-state index is -0.733. The van der Waals surface area contributed by atoms with Crippen molar-refractivity contribution in [2.45, 2.75) is 72.2 Å². The lowest BCUT2D eigenvalue weighted by atomic mass is 9.77. The van der Waals surface area contributed by atoms with Gasteiger partial charge in [0.15, 0.2) is 6.29 Å². The van der Waals surface area contributed by atoms with E-state index < -0.39 is 6.29 Å². The maximum atomic E-state index is 10.3. The summed E-state index contributed by atoms with van der Waals surface area (Å²) in [6.07, 6.45) is 5.27. The number of rotatable bonds is 5. The van der Waals surface area contributed by atoms with Crippen molar-refractivity contribution >= 4 is 0 Å². The van der Waals surface area contributed by atoms with Crippen LogP contribution in [0.1, 0.15) is 60.3 Å². The average Bonchev–Trinajstić information content (AvgIpc) is 2.54. The molecular formula is C15H28O2. The smallest absolute Gasteiger partial charge is 0.160 e. The first-order valence-electron chi connectivity index (χ1n) is 6.70. The Morgan fingerprint density at radius 3 is 2.35 bits per heavy atom. The normalized spacial score (nSPS) is 30.2. The molecule has 1 aliphatic rings. The number of aliphatic hydroxyl groups excluding tert-OH is 1. The second kappa shape index (κ2) is 4.74. The summed E-state index contributed by atoms with van der Waals surface area (Å²) in [6, 6.07) is 0. The molecule has 0 aromatic rings. The minimum Gasteiger partial charge on any atom is -0.367 e. The first kappa shape index (κ1) is 14.7. The molecule has 0 saturated heterocycles. The highest BCUT2D eigenvalue weighted by molar-refractivity contribution is 5.11. The van der Waals surface area contributed by atoms with Crippen LogP contribution in [0.5, 0.6) is 0 Å². The van der Waals surface area contributed by atoms with E-state index in [1.54, 1.807) is 0 Å². The van der Waals surface area contributed by atoms with Crippen LogP contribution in [0.3, 0.4) is 0 Å². The van der Waals surface area contributed by atoms with E-state index in [1.165, 1.54) is 0 Å². The fourth-order valence-corrected chi connectivity index (χ4v) is 2.52. The molecule has 2 nitrogen and oxygen atoms in total. The van der Waals surface area contributed by atoms with Crippen LogP contribution < -0.4 is 0 Å². The lowest BCUT2D eigenvalue weighted by molar-refractivity contribution is -0.237. The number of ether oxygens (including phenoxy) is 1. The molecule has 0 spiro atoms. The molecule has 17 heavy (non-hydrogen) atoms. The van der Waals surface area contributed by atoms with Gasteiger partial charge in [-0.15, -0.1) is 6.58 Å². The summed E-state index contributed by atoms with van der Waals surface area (Å²) in [7, 11) is 0. The molecule has 1 rings (SSSR count). The van der Waals surface area contributed by atoms with Gasteiger partial charge in [-0.05, 0) is 31.1 Å². The Labute approximate surface area is 106 Å². The maximum Gasteiger partial charge on any atom is 0.160 e. The third-order valence-corrected chi connectivity index (χ3v) is 4.73. The third kappa shape index (κ3) is 2.58. The predicted octanol–water partition coefficient (Wildman–Crippen LogP) is 3.89.